The van der Waals surface area contributed by atoms with E-state index in [1.807, 2.05) is 13.0 Å². The summed E-state index contributed by atoms with van der Waals surface area (Å²) in [6.07, 6.45) is 0. The van der Waals surface area contributed by atoms with Crippen LogP contribution >= 0.6 is 11.6 Å². The van der Waals surface area contributed by atoms with Gasteiger partial charge >= 0.3 is 0 Å². The maximum absolute atomic E-state index is 12.3. The van der Waals surface area contributed by atoms with Gasteiger partial charge in [0.25, 0.3) is 10.1 Å². The number of nitrogens with zero attached hydrogens (tertiary/aromatic N) is 5. The van der Waals surface area contributed by atoms with Crippen LogP contribution < -0.4 is 16.4 Å². The van der Waals surface area contributed by atoms with Crippen LogP contribution in [0.1, 0.15) is 11.1 Å². The Hall–Kier alpha value is -4.15. The number of rotatable bonds is 11. The van der Waals surface area contributed by atoms with E-state index >= 15 is 0 Å². The maximum Gasteiger partial charge on any atom is 0.296 e. The fraction of sp³-hybridized carbons (Fsp3) is 0.240. The second kappa shape index (κ2) is 12.6. The monoisotopic (exact) mass is 602 g/mol. The normalized spacial score (nSPS) is 11.8. The summed E-state index contributed by atoms with van der Waals surface area (Å²) in [5.41, 5.74) is 8.16. The number of aliphatic hydroxyl groups is 1. The summed E-state index contributed by atoms with van der Waals surface area (Å²) >= 11 is 5.99. The van der Waals surface area contributed by atoms with Gasteiger partial charge in [-0.2, -0.15) is 23.4 Å². The number of ether oxygens (including phenoxy) is 1. The average Bonchev–Trinajstić information content (AvgIpc) is 2.88. The number of aryl methyl sites for hydroxylation is 2. The first kappa shape index (κ1) is 29.8. The molecule has 0 aliphatic heterocycles. The Morgan fingerprint density at radius 1 is 1.05 bits per heavy atom. The van der Waals surface area contributed by atoms with Crippen molar-refractivity contribution in [1.82, 2.24) is 15.0 Å². The first-order chi connectivity index (χ1) is 19.5. The number of anilines is 4. The van der Waals surface area contributed by atoms with Gasteiger partial charge in [0.1, 0.15) is 22.0 Å². The topological polar surface area (TPSA) is 218 Å². The minimum absolute atomic E-state index is 0.00999. The van der Waals surface area contributed by atoms with Crippen LogP contribution in [0, 0.1) is 13.8 Å². The highest BCUT2D eigenvalue weighted by atomic mass is 35.5. The van der Waals surface area contributed by atoms with E-state index in [0.29, 0.717) is 22.9 Å². The van der Waals surface area contributed by atoms with E-state index in [0.717, 1.165) is 11.6 Å². The molecule has 0 amide bonds. The number of azo groups is 1. The Morgan fingerprint density at radius 3 is 2.54 bits per heavy atom. The minimum Gasteiger partial charge on any atom is -0.507 e. The van der Waals surface area contributed by atoms with Crippen molar-refractivity contribution >= 4 is 67.1 Å². The number of aliphatic hydroxyl groups excluding tert-OH is 1. The number of nitrogens with two attached hydrogens (primary N) is 1. The van der Waals surface area contributed by atoms with Gasteiger partial charge in [0, 0.05) is 12.2 Å². The van der Waals surface area contributed by atoms with Gasteiger partial charge in [-0.15, -0.1) is 10.2 Å². The van der Waals surface area contributed by atoms with Crippen molar-refractivity contribution in [3.8, 4) is 5.75 Å². The molecule has 0 bridgehead atoms. The molecule has 3 aromatic carbocycles. The lowest BCUT2D eigenvalue weighted by Crippen LogP contribution is -2.14. The van der Waals surface area contributed by atoms with Gasteiger partial charge < -0.3 is 31.3 Å². The van der Waals surface area contributed by atoms with Crippen LogP contribution in [0.3, 0.4) is 0 Å². The van der Waals surface area contributed by atoms with E-state index < -0.39 is 15.0 Å². The molecule has 0 saturated heterocycles. The van der Waals surface area contributed by atoms with Crippen LogP contribution in [-0.2, 0) is 14.9 Å². The predicted octanol–water partition coefficient (Wildman–Crippen LogP) is 4.41. The Morgan fingerprint density at radius 2 is 1.80 bits per heavy atom. The summed E-state index contributed by atoms with van der Waals surface area (Å²) in [5, 5.41) is 34.2. The molecule has 0 fully saturated rings. The Bertz CT molecular complexity index is 1740. The van der Waals surface area contributed by atoms with Crippen LogP contribution in [0.25, 0.3) is 10.8 Å². The number of phenolic OH excluding ortho intramolecular Hbond substituents is 1. The molecule has 0 unspecified atom stereocenters. The quantitative estimate of drug-likeness (QED) is 0.0608. The van der Waals surface area contributed by atoms with Crippen LogP contribution in [0.5, 0.6) is 5.75 Å². The van der Waals surface area contributed by atoms with Crippen molar-refractivity contribution in [2.24, 2.45) is 10.2 Å². The van der Waals surface area contributed by atoms with E-state index in [1.54, 1.807) is 19.1 Å². The van der Waals surface area contributed by atoms with Gasteiger partial charge in [-0.1, -0.05) is 6.07 Å². The van der Waals surface area contributed by atoms with E-state index in [4.69, 9.17) is 27.2 Å². The predicted molar refractivity (Wildman–Crippen MR) is 154 cm³/mol. The second-order valence-corrected chi connectivity index (χ2v) is 10.6. The molecule has 4 aromatic rings. The molecule has 216 valence electrons. The number of aromatic hydroxyl groups is 1. The van der Waals surface area contributed by atoms with Crippen LogP contribution in [-0.4, -0.2) is 64.5 Å². The standard InChI is InChI=1S/C25H27ClN8O6S/c1-13-9-15-11-14(2)21(27)22(20(15)18(36)10-13)34-33-17-4-3-16(12-19(17)41(37,38)39)29-25-31-23(26)30-24(32-25)28-5-7-40-8-6-35/h3-4,9-12,35-36H,5-8,27H2,1-2H3,(H,37,38,39)(H2,28,29,30,31,32). The maximum atomic E-state index is 12.3. The van der Waals surface area contributed by atoms with Crippen molar-refractivity contribution in [3.63, 3.8) is 0 Å². The molecule has 1 heterocycles. The van der Waals surface area contributed by atoms with E-state index in [-0.39, 0.29) is 65.5 Å². The van der Waals surface area contributed by atoms with E-state index in [1.165, 1.54) is 12.1 Å². The van der Waals surface area contributed by atoms with Crippen molar-refractivity contribution < 1.29 is 27.9 Å². The molecule has 0 saturated carbocycles. The minimum atomic E-state index is -4.76. The number of aromatic nitrogens is 3. The zero-order valence-corrected chi connectivity index (χ0v) is 23.5. The summed E-state index contributed by atoms with van der Waals surface area (Å²) in [6.45, 7) is 4.30. The Labute approximate surface area is 240 Å². The lowest BCUT2D eigenvalue weighted by molar-refractivity contribution is 0.0991. The number of hydrogen-bond donors (Lipinski definition) is 6. The van der Waals surface area contributed by atoms with Crippen molar-refractivity contribution in [2.75, 3.05) is 42.7 Å². The van der Waals surface area contributed by atoms with Crippen LogP contribution in [0.15, 0.2) is 51.5 Å². The first-order valence-electron chi connectivity index (χ1n) is 12.1. The fourth-order valence-corrected chi connectivity index (χ4v) is 4.71. The highest BCUT2D eigenvalue weighted by Gasteiger charge is 2.19. The number of halogens is 1. The lowest BCUT2D eigenvalue weighted by atomic mass is 10.0. The lowest BCUT2D eigenvalue weighted by Gasteiger charge is -2.12. The first-order valence-corrected chi connectivity index (χ1v) is 13.9. The van der Waals surface area contributed by atoms with Gasteiger partial charge in [0.2, 0.25) is 17.2 Å². The molecule has 0 atom stereocenters. The Balaban J connectivity index is 1.65. The zero-order chi connectivity index (χ0) is 29.7. The molecular formula is C25H27ClN8O6S. The molecule has 4 rings (SSSR count). The van der Waals surface area contributed by atoms with Crippen LogP contribution in [0.4, 0.5) is 34.6 Å². The third-order valence-corrected chi connectivity index (χ3v) is 6.76. The van der Waals surface area contributed by atoms with E-state index in [9.17, 15) is 18.1 Å². The van der Waals surface area contributed by atoms with Crippen molar-refractivity contribution in [3.05, 3.63) is 52.8 Å². The third kappa shape index (κ3) is 7.33. The molecule has 0 aliphatic carbocycles. The van der Waals surface area contributed by atoms with Gasteiger partial charge in [-0.3, -0.25) is 4.55 Å². The SMILES string of the molecule is Cc1cc(O)c2c(N=Nc3ccc(Nc4nc(Cl)nc(NCCOCCO)n4)cc3S(=O)(=O)O)c(N)c(C)cc2c1. The number of benzene rings is 3. The van der Waals surface area contributed by atoms with Crippen LogP contribution in [0.2, 0.25) is 5.28 Å². The highest BCUT2D eigenvalue weighted by molar-refractivity contribution is 7.86. The molecule has 41 heavy (non-hydrogen) atoms. The number of fused-ring (bicyclic) bond motifs is 1. The van der Waals surface area contributed by atoms with Gasteiger partial charge in [-0.05, 0) is 72.3 Å². The number of hydrogen-bond acceptors (Lipinski definition) is 13. The molecule has 0 radical (unpaired) electrons. The third-order valence-electron chi connectivity index (χ3n) is 5.71. The van der Waals surface area contributed by atoms with Gasteiger partial charge in [0.05, 0.1) is 30.9 Å². The number of phenols is 1. The fourth-order valence-electron chi connectivity index (χ4n) is 3.90. The summed E-state index contributed by atoms with van der Waals surface area (Å²) in [6, 6.07) is 9.11. The molecule has 7 N–H and O–H groups in total. The molecular weight excluding hydrogens is 576 g/mol. The zero-order valence-electron chi connectivity index (χ0n) is 22.0. The smallest absolute Gasteiger partial charge is 0.296 e. The Kier molecular flexibility index (Phi) is 9.14. The number of nitrogens with one attached hydrogen (secondary N) is 2. The van der Waals surface area contributed by atoms with Crippen molar-refractivity contribution in [1.29, 1.82) is 0 Å². The summed E-state index contributed by atoms with van der Waals surface area (Å²) in [4.78, 5) is 11.6. The second-order valence-electron chi connectivity index (χ2n) is 8.83. The summed E-state index contributed by atoms with van der Waals surface area (Å²) in [5.74, 6) is 0.0592. The molecule has 16 heteroatoms. The molecule has 14 nitrogen and oxygen atoms in total. The number of nitrogen functional groups attached to an aromatic ring is 1. The molecule has 1 aromatic heterocycles. The van der Waals surface area contributed by atoms with Gasteiger partial charge in [0.15, 0.2) is 0 Å². The van der Waals surface area contributed by atoms with E-state index in [2.05, 4.69) is 35.8 Å². The summed E-state index contributed by atoms with van der Waals surface area (Å²) in [7, 11) is -4.76. The highest BCUT2D eigenvalue weighted by Crippen LogP contribution is 2.42. The molecule has 0 aliphatic rings. The van der Waals surface area contributed by atoms with Gasteiger partial charge in [-0.25, -0.2) is 0 Å². The average molecular weight is 603 g/mol. The molecule has 0 spiro atoms. The largest absolute Gasteiger partial charge is 0.507 e. The summed E-state index contributed by atoms with van der Waals surface area (Å²) < 4.78 is 39.6. The van der Waals surface area contributed by atoms with Crippen molar-refractivity contribution in [2.45, 2.75) is 18.7 Å².